The minimum Gasteiger partial charge on any atom is -0.497 e. The van der Waals surface area contributed by atoms with Crippen molar-refractivity contribution >= 4 is 17.5 Å². The molecule has 0 radical (unpaired) electrons. The third-order valence-electron chi connectivity index (χ3n) is 4.16. The lowest BCUT2D eigenvalue weighted by molar-refractivity contribution is -0.139. The molecule has 3 rings (SSSR count). The normalized spacial score (nSPS) is 22.0. The zero-order valence-electron chi connectivity index (χ0n) is 12.7. The number of nitrogens with zero attached hydrogens (tertiary/aromatic N) is 2. The molecular formula is C16H20N2O4. The molecule has 0 N–H and O–H groups in total. The summed E-state index contributed by atoms with van der Waals surface area (Å²) in [4.78, 5) is 28.2. The fourth-order valence-corrected chi connectivity index (χ4v) is 2.94. The van der Waals surface area contributed by atoms with Gasteiger partial charge in [-0.2, -0.15) is 0 Å². The van der Waals surface area contributed by atoms with E-state index in [1.807, 2.05) is 24.3 Å². The number of hydrogen-bond acceptors (Lipinski definition) is 4. The summed E-state index contributed by atoms with van der Waals surface area (Å²) in [6.07, 6.45) is 0.271. The number of carbonyl (C=O) groups is 2. The number of carbonyl (C=O) groups excluding carboxylic acids is 2. The molecule has 0 saturated carbocycles. The van der Waals surface area contributed by atoms with E-state index in [0.717, 1.165) is 5.69 Å². The molecule has 118 valence electrons. The van der Waals surface area contributed by atoms with Crippen LogP contribution in [0.3, 0.4) is 0 Å². The van der Waals surface area contributed by atoms with E-state index in [1.165, 1.54) is 0 Å². The summed E-state index contributed by atoms with van der Waals surface area (Å²) in [5.41, 5.74) is 0.779. The fraction of sp³-hybridized carbons (Fsp3) is 0.500. The van der Waals surface area contributed by atoms with Gasteiger partial charge in [0.15, 0.2) is 0 Å². The van der Waals surface area contributed by atoms with E-state index in [-0.39, 0.29) is 24.2 Å². The number of ether oxygens (including phenoxy) is 2. The van der Waals surface area contributed by atoms with Crippen molar-refractivity contribution in [2.24, 2.45) is 5.92 Å². The van der Waals surface area contributed by atoms with Gasteiger partial charge >= 0.3 is 0 Å². The van der Waals surface area contributed by atoms with Crippen molar-refractivity contribution in [3.63, 3.8) is 0 Å². The predicted octanol–water partition coefficient (Wildman–Crippen LogP) is 0.907. The first-order valence-corrected chi connectivity index (χ1v) is 7.50. The van der Waals surface area contributed by atoms with Gasteiger partial charge in [-0.3, -0.25) is 9.59 Å². The van der Waals surface area contributed by atoms with Crippen molar-refractivity contribution in [1.82, 2.24) is 4.90 Å². The molecule has 2 amide bonds. The van der Waals surface area contributed by atoms with E-state index >= 15 is 0 Å². The molecule has 0 spiro atoms. The molecule has 6 heteroatoms. The second-order valence-electron chi connectivity index (χ2n) is 5.54. The highest BCUT2D eigenvalue weighted by molar-refractivity contribution is 6.00. The number of benzene rings is 1. The third kappa shape index (κ3) is 2.92. The molecule has 2 fully saturated rings. The fourth-order valence-electron chi connectivity index (χ4n) is 2.94. The van der Waals surface area contributed by atoms with E-state index in [1.54, 1.807) is 16.9 Å². The Balaban J connectivity index is 1.71. The van der Waals surface area contributed by atoms with Crippen LogP contribution >= 0.6 is 0 Å². The van der Waals surface area contributed by atoms with E-state index in [9.17, 15) is 9.59 Å². The molecular weight excluding hydrogens is 284 g/mol. The van der Waals surface area contributed by atoms with Gasteiger partial charge in [0.25, 0.3) is 0 Å². The minimum atomic E-state index is -0.267. The minimum absolute atomic E-state index is 0.0140. The second kappa shape index (κ2) is 6.36. The van der Waals surface area contributed by atoms with Crippen molar-refractivity contribution < 1.29 is 19.1 Å². The molecule has 2 aliphatic rings. The Morgan fingerprint density at radius 2 is 2.09 bits per heavy atom. The maximum absolute atomic E-state index is 12.5. The quantitative estimate of drug-likeness (QED) is 0.833. The van der Waals surface area contributed by atoms with Crippen LogP contribution in [0.4, 0.5) is 5.69 Å². The maximum atomic E-state index is 12.5. The average Bonchev–Trinajstić information content (AvgIpc) is 2.97. The molecule has 1 atom stereocenters. The van der Waals surface area contributed by atoms with Gasteiger partial charge in [-0.25, -0.2) is 0 Å². The molecule has 6 nitrogen and oxygen atoms in total. The number of rotatable bonds is 3. The number of morpholine rings is 1. The summed E-state index contributed by atoms with van der Waals surface area (Å²) in [6, 6.07) is 7.36. The molecule has 1 unspecified atom stereocenters. The predicted molar refractivity (Wildman–Crippen MR) is 80.9 cm³/mol. The molecule has 2 saturated heterocycles. The lowest BCUT2D eigenvalue weighted by Crippen LogP contribution is -2.44. The highest BCUT2D eigenvalue weighted by atomic mass is 16.5. The molecule has 2 aliphatic heterocycles. The Morgan fingerprint density at radius 3 is 2.82 bits per heavy atom. The Bertz CT molecular complexity index is 569. The Labute approximate surface area is 129 Å². The van der Waals surface area contributed by atoms with E-state index in [4.69, 9.17) is 9.47 Å². The van der Waals surface area contributed by atoms with E-state index in [2.05, 4.69) is 0 Å². The van der Waals surface area contributed by atoms with Crippen molar-refractivity contribution in [3.8, 4) is 5.75 Å². The second-order valence-corrected chi connectivity index (χ2v) is 5.54. The summed E-state index contributed by atoms with van der Waals surface area (Å²) in [5, 5.41) is 0. The van der Waals surface area contributed by atoms with Crippen LogP contribution < -0.4 is 9.64 Å². The highest BCUT2D eigenvalue weighted by Gasteiger charge is 2.37. The van der Waals surface area contributed by atoms with Crippen LogP contribution in [-0.2, 0) is 14.3 Å². The first kappa shape index (κ1) is 14.8. The van der Waals surface area contributed by atoms with Crippen LogP contribution in [0, 0.1) is 5.92 Å². The standard InChI is InChI=1S/C16H20N2O4/c1-21-14-4-2-3-13(10-14)18-11-12(9-15(18)19)16(20)17-5-7-22-8-6-17/h2-4,10,12H,5-9,11H2,1H3. The highest BCUT2D eigenvalue weighted by Crippen LogP contribution is 2.28. The Kier molecular flexibility index (Phi) is 4.29. The third-order valence-corrected chi connectivity index (χ3v) is 4.16. The molecule has 0 bridgehead atoms. The van der Waals surface area contributed by atoms with Crippen molar-refractivity contribution in [3.05, 3.63) is 24.3 Å². The van der Waals surface area contributed by atoms with Crippen LogP contribution in [0.1, 0.15) is 6.42 Å². The van der Waals surface area contributed by atoms with Crippen molar-refractivity contribution in [1.29, 1.82) is 0 Å². The van der Waals surface area contributed by atoms with Gasteiger partial charge in [-0.05, 0) is 12.1 Å². The Morgan fingerprint density at radius 1 is 1.32 bits per heavy atom. The summed E-state index contributed by atoms with van der Waals surface area (Å²) in [6.45, 7) is 2.81. The van der Waals surface area contributed by atoms with Gasteiger partial charge in [0.05, 0.1) is 26.2 Å². The van der Waals surface area contributed by atoms with E-state index < -0.39 is 0 Å². The summed E-state index contributed by atoms with van der Waals surface area (Å²) < 4.78 is 10.5. The van der Waals surface area contributed by atoms with Gasteiger partial charge < -0.3 is 19.3 Å². The Hall–Kier alpha value is -2.08. The van der Waals surface area contributed by atoms with Crippen molar-refractivity contribution in [2.75, 3.05) is 44.9 Å². The van der Waals surface area contributed by atoms with Crippen molar-refractivity contribution in [2.45, 2.75) is 6.42 Å². The van der Waals surface area contributed by atoms with Gasteiger partial charge in [-0.15, -0.1) is 0 Å². The summed E-state index contributed by atoms with van der Waals surface area (Å²) in [7, 11) is 1.59. The topological polar surface area (TPSA) is 59.1 Å². The van der Waals surface area contributed by atoms with Crippen LogP contribution in [-0.4, -0.2) is 56.7 Å². The molecule has 2 heterocycles. The monoisotopic (exact) mass is 304 g/mol. The zero-order chi connectivity index (χ0) is 15.5. The average molecular weight is 304 g/mol. The summed E-state index contributed by atoms with van der Waals surface area (Å²) >= 11 is 0. The number of hydrogen-bond donors (Lipinski definition) is 0. The molecule has 0 aliphatic carbocycles. The molecule has 22 heavy (non-hydrogen) atoms. The summed E-state index contributed by atoms with van der Waals surface area (Å²) in [5.74, 6) is 0.479. The zero-order valence-corrected chi connectivity index (χ0v) is 12.7. The first-order chi connectivity index (χ1) is 10.7. The van der Waals surface area contributed by atoms with Crippen LogP contribution in [0.2, 0.25) is 0 Å². The number of amides is 2. The van der Waals surface area contributed by atoms with E-state index in [0.29, 0.717) is 38.6 Å². The van der Waals surface area contributed by atoms with Gasteiger partial charge in [0.2, 0.25) is 11.8 Å². The van der Waals surface area contributed by atoms with Crippen LogP contribution in [0.25, 0.3) is 0 Å². The molecule has 0 aromatic heterocycles. The lowest BCUT2D eigenvalue weighted by Gasteiger charge is -2.29. The maximum Gasteiger partial charge on any atom is 0.228 e. The van der Waals surface area contributed by atoms with Gasteiger partial charge in [0, 0.05) is 37.8 Å². The van der Waals surface area contributed by atoms with Crippen LogP contribution in [0.15, 0.2) is 24.3 Å². The largest absolute Gasteiger partial charge is 0.497 e. The lowest BCUT2D eigenvalue weighted by atomic mass is 10.1. The number of anilines is 1. The first-order valence-electron chi connectivity index (χ1n) is 7.50. The smallest absolute Gasteiger partial charge is 0.228 e. The molecule has 1 aromatic carbocycles. The van der Waals surface area contributed by atoms with Crippen LogP contribution in [0.5, 0.6) is 5.75 Å². The number of methoxy groups -OCH3 is 1. The molecule has 1 aromatic rings. The van der Waals surface area contributed by atoms with Gasteiger partial charge in [-0.1, -0.05) is 6.07 Å². The SMILES string of the molecule is COc1cccc(N2CC(C(=O)N3CCOCC3)CC2=O)c1. The van der Waals surface area contributed by atoms with Gasteiger partial charge in [0.1, 0.15) is 5.75 Å².